The van der Waals surface area contributed by atoms with Gasteiger partial charge < -0.3 is 9.97 Å². The van der Waals surface area contributed by atoms with E-state index < -0.39 is 0 Å². The molecule has 1 radical (unpaired) electrons. The molecule has 12 aromatic rings. The van der Waals surface area contributed by atoms with Gasteiger partial charge in [-0.1, -0.05) is 315 Å². The molecule has 4 heterocycles. The molecule has 4 aromatic heterocycles. The normalized spacial score (nSPS) is 18.5. The Kier molecular flexibility index (Phi) is 30.1. The molecule has 0 bridgehead atoms. The van der Waals surface area contributed by atoms with Crippen molar-refractivity contribution in [3.63, 3.8) is 0 Å². The van der Waals surface area contributed by atoms with Crippen LogP contribution in [0.1, 0.15) is 259 Å². The minimum absolute atomic E-state index is 0. The number of aryl methyl sites for hydroxylation is 4. The quantitative estimate of drug-likeness (QED) is 0.0400. The van der Waals surface area contributed by atoms with E-state index in [9.17, 15) is 0 Å². The first-order valence-corrected chi connectivity index (χ1v) is 45.5. The van der Waals surface area contributed by atoms with Crippen molar-refractivity contribution in [2.24, 2.45) is 0 Å². The fourth-order valence-electron chi connectivity index (χ4n) is 21.3. The summed E-state index contributed by atoms with van der Waals surface area (Å²) in [5, 5.41) is 0. The molecule has 0 N–H and O–H groups in total. The second-order valence-corrected chi connectivity index (χ2v) is 35.6. The van der Waals surface area contributed by atoms with Crippen LogP contribution in [0.3, 0.4) is 0 Å². The zero-order chi connectivity index (χ0) is 78.2. The van der Waals surface area contributed by atoms with Crippen LogP contribution in [-0.4, -0.2) is 19.9 Å². The van der Waals surface area contributed by atoms with Crippen LogP contribution in [0.25, 0.3) is 89.5 Å². The number of rotatable bonds is 26. The molecule has 7 heteroatoms. The summed E-state index contributed by atoms with van der Waals surface area (Å²) in [4.78, 5) is 18.7. The Morgan fingerprint density at radius 3 is 1.11 bits per heavy atom. The topological polar surface area (TPSA) is 51.6 Å². The summed E-state index contributed by atoms with van der Waals surface area (Å²) < 4.78 is 2.12. The smallest absolute Gasteiger partial charge is 0.0702 e. The fraction of sp³-hybridized carbons (Fsp3) is 0.376. The van der Waals surface area contributed by atoms with Crippen molar-refractivity contribution in [1.29, 1.82) is 0 Å². The van der Waals surface area contributed by atoms with Gasteiger partial charge in [0, 0.05) is 82.3 Å². The minimum Gasteiger partial charge on any atom is -0.305 e. The van der Waals surface area contributed by atoms with Crippen molar-refractivity contribution >= 4 is 31.9 Å². The van der Waals surface area contributed by atoms with E-state index in [1.165, 1.54) is 278 Å². The third kappa shape index (κ3) is 18.7. The summed E-state index contributed by atoms with van der Waals surface area (Å²) in [6.45, 7) is 9.18. The summed E-state index contributed by atoms with van der Waals surface area (Å²) in [7, 11) is 0. The van der Waals surface area contributed by atoms with Gasteiger partial charge in [-0.2, -0.15) is 0 Å². The molecule has 0 atom stereocenters. The summed E-state index contributed by atoms with van der Waals surface area (Å²) in [5.74, 6) is 0. The number of benzene rings is 8. The van der Waals surface area contributed by atoms with Crippen LogP contribution in [0.15, 0.2) is 252 Å². The molecule has 0 spiro atoms. The van der Waals surface area contributed by atoms with Crippen molar-refractivity contribution in [2.45, 2.75) is 262 Å². The molecular formula is C109H120Br2IrN4-2. The third-order valence-corrected chi connectivity index (χ3v) is 27.8. The predicted molar refractivity (Wildman–Crippen MR) is 494 cm³/mol. The molecule has 6 aliphatic rings. The van der Waals surface area contributed by atoms with Crippen LogP contribution in [0, 0.1) is 12.1 Å². The first-order valence-electron chi connectivity index (χ1n) is 43.9. The average molecular weight is 1840 g/mol. The van der Waals surface area contributed by atoms with Gasteiger partial charge in [0.25, 0.3) is 0 Å². The fourth-order valence-corrected chi connectivity index (χ4v) is 21.8. The van der Waals surface area contributed by atoms with Crippen LogP contribution in [0.4, 0.5) is 0 Å². The Balaban J connectivity index is 0.000000152. The number of fused-ring (bicyclic) bond motifs is 6. The number of pyridine rings is 4. The van der Waals surface area contributed by atoms with E-state index in [4.69, 9.17) is 9.97 Å². The van der Waals surface area contributed by atoms with E-state index in [0.717, 1.165) is 48.4 Å². The Bertz CT molecular complexity index is 4730. The number of aromatic nitrogens is 4. The van der Waals surface area contributed by atoms with Crippen LogP contribution in [0.2, 0.25) is 0 Å². The zero-order valence-electron chi connectivity index (χ0n) is 68.6. The summed E-state index contributed by atoms with van der Waals surface area (Å²) in [6, 6.07) is 87.2. The second-order valence-electron chi connectivity index (χ2n) is 33.8. The van der Waals surface area contributed by atoms with E-state index in [0.29, 0.717) is 16.2 Å². The van der Waals surface area contributed by atoms with Gasteiger partial charge in [-0.15, -0.1) is 75.1 Å². The molecule has 0 saturated heterocycles. The van der Waals surface area contributed by atoms with Gasteiger partial charge in [0.1, 0.15) is 0 Å². The molecule has 8 aromatic carbocycles. The van der Waals surface area contributed by atoms with Gasteiger partial charge >= 0.3 is 0 Å². The Morgan fingerprint density at radius 2 is 0.672 bits per heavy atom. The molecule has 4 fully saturated rings. The first-order chi connectivity index (χ1) is 56.1. The van der Waals surface area contributed by atoms with Crippen LogP contribution in [-0.2, 0) is 67.4 Å². The van der Waals surface area contributed by atoms with Gasteiger partial charge in [-0.25, -0.2) is 0 Å². The number of unbranched alkanes of at least 4 members (excludes halogenated alkanes) is 12. The predicted octanol–water partition coefficient (Wildman–Crippen LogP) is 31.6. The SMILES string of the molecule is Brc1c[c-]c(-c2ccccn2)cc1.Brc1ccc(-c2ccccn2)cc1.C.CCCCCCc1cc(CCCCCC)cc(-c2ccc(-c3[c-]cc4c(c3)C35CCCC3(CCC5)c3ccccc3-4)nc2)c1.CCCCCCc1cc(CCCCCC)cc(-c2ccc(-c3ccc4c(c3)C35CCCC3(CCC5)c3ccccc3-4)nc2)c1.[Ir]. The zero-order valence-corrected chi connectivity index (χ0v) is 74.2. The van der Waals surface area contributed by atoms with E-state index in [1.54, 1.807) is 34.6 Å². The molecule has 0 amide bonds. The van der Waals surface area contributed by atoms with E-state index in [-0.39, 0.29) is 32.9 Å². The minimum atomic E-state index is 0. The number of hydrogen-bond donors (Lipinski definition) is 0. The number of hydrogen-bond acceptors (Lipinski definition) is 4. The molecule has 0 unspecified atom stereocenters. The van der Waals surface area contributed by atoms with Crippen molar-refractivity contribution < 1.29 is 20.1 Å². The van der Waals surface area contributed by atoms with Gasteiger partial charge in [-0.05, 0) is 229 Å². The summed E-state index contributed by atoms with van der Waals surface area (Å²) in [6.07, 6.45) is 49.6. The van der Waals surface area contributed by atoms with Crippen LogP contribution in [0.5, 0.6) is 0 Å². The maximum absolute atomic E-state index is 5.12. The van der Waals surface area contributed by atoms with E-state index in [1.807, 2.05) is 78.9 Å². The van der Waals surface area contributed by atoms with Gasteiger partial charge in [0.05, 0.1) is 11.4 Å². The molecular weight excluding hydrogens is 1720 g/mol. The maximum atomic E-state index is 5.12. The monoisotopic (exact) mass is 1840 g/mol. The molecule has 4 nitrogen and oxygen atoms in total. The molecule has 18 rings (SSSR count). The molecule has 601 valence electrons. The van der Waals surface area contributed by atoms with Crippen molar-refractivity contribution in [1.82, 2.24) is 19.9 Å². The molecule has 116 heavy (non-hydrogen) atoms. The summed E-state index contributed by atoms with van der Waals surface area (Å²) in [5.41, 5.74) is 33.3. The van der Waals surface area contributed by atoms with Gasteiger partial charge in [-0.3, -0.25) is 9.97 Å². The van der Waals surface area contributed by atoms with Crippen LogP contribution < -0.4 is 0 Å². The molecule has 0 aliphatic heterocycles. The standard InChI is InChI=1S/C43H51N.C43H50N.C11H8BrN.C11H7BrN.CH4.Ir/c2*1-3-5-7-9-15-32-27-33(16-10-8-6-4-2)29-36(28-32)35-20-22-41(44-31-35)34-19-21-38-37-17-11-12-18-39(37)42-23-13-25-43(42,26-14-24-42)40(38)30-34;2*12-10-6-4-9(5-7-10)11-3-1-2-8-13-11;;/h11-12,17-22,27-31H,3-10,13-16,23-26H2,1-2H3;11-12,17-18,20-22,27-31H,3-10,13-16,23-26H2,1-2H3;1-8H;1-4,6-8H;1H4;/q;-1;;-1;;. The Morgan fingerprint density at radius 1 is 0.293 bits per heavy atom. The Labute approximate surface area is 726 Å². The third-order valence-electron chi connectivity index (χ3n) is 26.8. The van der Waals surface area contributed by atoms with E-state index in [2.05, 4.69) is 234 Å². The van der Waals surface area contributed by atoms with Gasteiger partial charge in [0.2, 0.25) is 0 Å². The Hall–Kier alpha value is -8.03. The number of nitrogens with zero attached hydrogens (tertiary/aromatic N) is 4. The molecule has 6 aliphatic carbocycles. The van der Waals surface area contributed by atoms with Crippen molar-refractivity contribution in [3.8, 4) is 89.5 Å². The van der Waals surface area contributed by atoms with E-state index >= 15 is 0 Å². The second kappa shape index (κ2) is 40.6. The van der Waals surface area contributed by atoms with Crippen LogP contribution >= 0.6 is 31.9 Å². The van der Waals surface area contributed by atoms with Crippen molar-refractivity contribution in [3.05, 3.63) is 309 Å². The molecule has 4 saturated carbocycles. The first kappa shape index (κ1) is 85.8. The largest absolute Gasteiger partial charge is 0.305 e. The van der Waals surface area contributed by atoms with Crippen molar-refractivity contribution in [2.75, 3.05) is 0 Å². The number of halogens is 2. The van der Waals surface area contributed by atoms with Gasteiger partial charge in [0.15, 0.2) is 0 Å². The average Bonchev–Trinajstić information content (AvgIpc) is 1.51. The summed E-state index contributed by atoms with van der Waals surface area (Å²) >= 11 is 6.76. The maximum Gasteiger partial charge on any atom is 0.0702 e.